The normalized spacial score (nSPS) is 10.7. The maximum absolute atomic E-state index is 11.7. The maximum Gasteiger partial charge on any atom is 0.356 e. The minimum Gasteiger partial charge on any atom is -0.319 e. The zero-order valence-corrected chi connectivity index (χ0v) is 12.6. The number of benzene rings is 1. The van der Waals surface area contributed by atoms with Gasteiger partial charge in [0, 0.05) is 6.20 Å². The second-order valence-electron chi connectivity index (χ2n) is 4.98. The van der Waals surface area contributed by atoms with E-state index < -0.39 is 4.92 Å². The van der Waals surface area contributed by atoms with Crippen LogP contribution in [-0.4, -0.2) is 34.9 Å². The van der Waals surface area contributed by atoms with Crippen LogP contribution in [0.15, 0.2) is 55.0 Å². The summed E-state index contributed by atoms with van der Waals surface area (Å²) in [6.07, 6.45) is 2.80. The molecule has 0 amide bonds. The molecule has 0 aliphatic heterocycles. The summed E-state index contributed by atoms with van der Waals surface area (Å²) in [7, 11) is 0. The van der Waals surface area contributed by atoms with Crippen LogP contribution in [0.5, 0.6) is 0 Å². The van der Waals surface area contributed by atoms with E-state index in [2.05, 4.69) is 30.6 Å². The lowest BCUT2D eigenvalue weighted by atomic mass is 10.3. The van der Waals surface area contributed by atoms with Crippen LogP contribution < -0.4 is 5.32 Å². The molecule has 0 saturated heterocycles. The molecule has 0 atom stereocenters. The molecule has 4 rings (SSSR count). The fourth-order valence-electron chi connectivity index (χ4n) is 2.37. The Morgan fingerprint density at radius 3 is 2.68 bits per heavy atom. The first-order valence-corrected chi connectivity index (χ1v) is 7.22. The smallest absolute Gasteiger partial charge is 0.319 e. The van der Waals surface area contributed by atoms with E-state index in [1.807, 2.05) is 6.07 Å². The number of nitro groups is 1. The lowest BCUT2D eigenvalue weighted by Crippen LogP contribution is -2.09. The zero-order valence-electron chi connectivity index (χ0n) is 12.6. The summed E-state index contributed by atoms with van der Waals surface area (Å²) < 4.78 is 1.32. The monoisotopic (exact) mass is 334 g/mol. The van der Waals surface area contributed by atoms with Crippen molar-refractivity contribution in [3.05, 3.63) is 65.1 Å². The Kier molecular flexibility index (Phi) is 3.47. The molecule has 3 aromatic heterocycles. The number of anilines is 2. The molecule has 3 heterocycles. The summed E-state index contributed by atoms with van der Waals surface area (Å²) in [6, 6.07) is 12.3. The van der Waals surface area contributed by atoms with Gasteiger partial charge >= 0.3 is 5.69 Å². The van der Waals surface area contributed by atoms with Crippen molar-refractivity contribution in [2.45, 2.75) is 0 Å². The first-order chi connectivity index (χ1) is 12.2. The van der Waals surface area contributed by atoms with E-state index in [1.165, 1.54) is 11.0 Å². The number of pyridine rings is 1. The van der Waals surface area contributed by atoms with Crippen molar-refractivity contribution in [3.8, 4) is 5.82 Å². The Morgan fingerprint density at radius 1 is 1.04 bits per heavy atom. The van der Waals surface area contributed by atoms with Crippen molar-refractivity contribution < 1.29 is 4.92 Å². The summed E-state index contributed by atoms with van der Waals surface area (Å²) >= 11 is 0. The zero-order chi connectivity index (χ0) is 17.2. The molecule has 1 aromatic carbocycles. The lowest BCUT2D eigenvalue weighted by molar-refractivity contribution is -0.384. The number of fused-ring (bicyclic) bond motifs is 1. The van der Waals surface area contributed by atoms with Crippen molar-refractivity contribution in [1.82, 2.24) is 29.9 Å². The van der Waals surface area contributed by atoms with Crippen molar-refractivity contribution in [1.29, 1.82) is 0 Å². The molecule has 25 heavy (non-hydrogen) atoms. The van der Waals surface area contributed by atoms with Gasteiger partial charge in [0.15, 0.2) is 0 Å². The Bertz CT molecular complexity index is 1060. The number of rotatable bonds is 4. The van der Waals surface area contributed by atoms with Crippen molar-refractivity contribution in [2.24, 2.45) is 0 Å². The van der Waals surface area contributed by atoms with E-state index in [-0.39, 0.29) is 17.3 Å². The highest BCUT2D eigenvalue weighted by molar-refractivity contribution is 5.78. The highest BCUT2D eigenvalue weighted by Gasteiger charge is 2.26. The van der Waals surface area contributed by atoms with Gasteiger partial charge in [0.05, 0.1) is 10.4 Å². The molecule has 10 nitrogen and oxygen atoms in total. The molecule has 1 N–H and O–H groups in total. The van der Waals surface area contributed by atoms with Gasteiger partial charge < -0.3 is 5.32 Å². The van der Waals surface area contributed by atoms with Gasteiger partial charge in [0.25, 0.3) is 0 Å². The number of nitrogens with zero attached hydrogens (tertiary/aromatic N) is 7. The van der Waals surface area contributed by atoms with Crippen LogP contribution in [0.4, 0.5) is 17.3 Å². The predicted molar refractivity (Wildman–Crippen MR) is 88.6 cm³/mol. The SMILES string of the molecule is O=[N+]([O-])c1c(Nc2ccccn2)ncnc1-n1nnc2ccccc21. The highest BCUT2D eigenvalue weighted by atomic mass is 16.6. The largest absolute Gasteiger partial charge is 0.356 e. The minimum atomic E-state index is -0.558. The second kappa shape index (κ2) is 5.92. The van der Waals surface area contributed by atoms with Crippen molar-refractivity contribution in [2.75, 3.05) is 5.32 Å². The molecule has 0 aliphatic rings. The fourth-order valence-corrected chi connectivity index (χ4v) is 2.37. The molecule has 0 fully saturated rings. The topological polar surface area (TPSA) is 125 Å². The molecule has 0 radical (unpaired) electrons. The molecular weight excluding hydrogens is 324 g/mol. The van der Waals surface area contributed by atoms with Crippen LogP contribution in [-0.2, 0) is 0 Å². The van der Waals surface area contributed by atoms with E-state index in [0.29, 0.717) is 16.9 Å². The van der Waals surface area contributed by atoms with Crippen LogP contribution in [0, 0.1) is 10.1 Å². The van der Waals surface area contributed by atoms with Gasteiger partial charge in [-0.2, -0.15) is 4.68 Å². The van der Waals surface area contributed by atoms with Crippen LogP contribution >= 0.6 is 0 Å². The van der Waals surface area contributed by atoms with Gasteiger partial charge in [-0.25, -0.2) is 15.0 Å². The maximum atomic E-state index is 11.7. The Balaban J connectivity index is 1.89. The van der Waals surface area contributed by atoms with Gasteiger partial charge in [0.1, 0.15) is 17.7 Å². The summed E-state index contributed by atoms with van der Waals surface area (Å²) in [5, 5.41) is 22.5. The van der Waals surface area contributed by atoms with Gasteiger partial charge in [-0.3, -0.25) is 10.1 Å². The van der Waals surface area contributed by atoms with Crippen molar-refractivity contribution in [3.63, 3.8) is 0 Å². The molecule has 122 valence electrons. The van der Waals surface area contributed by atoms with Crippen LogP contribution in [0.1, 0.15) is 0 Å². The summed E-state index contributed by atoms with van der Waals surface area (Å²) in [5.74, 6) is 0.471. The summed E-state index contributed by atoms with van der Waals surface area (Å²) in [4.78, 5) is 23.2. The van der Waals surface area contributed by atoms with Crippen LogP contribution in [0.2, 0.25) is 0 Å². The van der Waals surface area contributed by atoms with E-state index in [1.54, 1.807) is 42.6 Å². The van der Waals surface area contributed by atoms with E-state index in [0.717, 1.165) is 0 Å². The number of hydrogen-bond donors (Lipinski definition) is 1. The van der Waals surface area contributed by atoms with Crippen molar-refractivity contribution >= 4 is 28.4 Å². The fraction of sp³-hybridized carbons (Fsp3) is 0. The summed E-state index contributed by atoms with van der Waals surface area (Å²) in [5.41, 5.74) is 0.895. The molecule has 10 heteroatoms. The first-order valence-electron chi connectivity index (χ1n) is 7.22. The Labute approximate surface area is 140 Å². The molecule has 0 spiro atoms. The third-order valence-electron chi connectivity index (χ3n) is 3.45. The van der Waals surface area contributed by atoms with Gasteiger partial charge in [-0.05, 0) is 24.3 Å². The number of aromatic nitrogens is 6. The third kappa shape index (κ3) is 2.61. The molecule has 0 saturated carbocycles. The van der Waals surface area contributed by atoms with E-state index >= 15 is 0 Å². The number of nitrogens with one attached hydrogen (secondary N) is 1. The van der Waals surface area contributed by atoms with Gasteiger partial charge in [0.2, 0.25) is 11.6 Å². The average Bonchev–Trinajstić information content (AvgIpc) is 3.06. The van der Waals surface area contributed by atoms with E-state index in [9.17, 15) is 10.1 Å². The molecule has 0 unspecified atom stereocenters. The molecular formula is C15H10N8O2. The minimum absolute atomic E-state index is 0.0205. The average molecular weight is 334 g/mol. The molecule has 4 aromatic rings. The Morgan fingerprint density at radius 2 is 1.88 bits per heavy atom. The molecule has 0 bridgehead atoms. The number of hydrogen-bond acceptors (Lipinski definition) is 8. The lowest BCUT2D eigenvalue weighted by Gasteiger charge is -2.08. The predicted octanol–water partition coefficient (Wildman–Crippen LogP) is 2.26. The van der Waals surface area contributed by atoms with Crippen LogP contribution in [0.3, 0.4) is 0 Å². The van der Waals surface area contributed by atoms with Gasteiger partial charge in [-0.1, -0.05) is 23.4 Å². The quantitative estimate of drug-likeness (QED) is 0.445. The second-order valence-corrected chi connectivity index (χ2v) is 4.98. The summed E-state index contributed by atoms with van der Waals surface area (Å²) in [6.45, 7) is 0. The molecule has 0 aliphatic carbocycles. The Hall–Kier alpha value is -3.95. The van der Waals surface area contributed by atoms with Crippen LogP contribution in [0.25, 0.3) is 16.9 Å². The standard InChI is InChI=1S/C15H10N8O2/c24-23(25)13-14(19-12-7-3-4-8-16-12)17-9-18-15(13)22-11-6-2-1-5-10(11)20-21-22/h1-9H,(H,16,17,18,19). The van der Waals surface area contributed by atoms with E-state index in [4.69, 9.17) is 0 Å². The highest BCUT2D eigenvalue weighted by Crippen LogP contribution is 2.30. The van der Waals surface area contributed by atoms with Gasteiger partial charge in [-0.15, -0.1) is 5.10 Å². The number of para-hydroxylation sites is 1. The first kappa shape index (κ1) is 14.6. The third-order valence-corrected chi connectivity index (χ3v) is 3.45.